The molecule has 0 radical (unpaired) electrons. The Morgan fingerprint density at radius 1 is 1.04 bits per heavy atom. The van der Waals surface area contributed by atoms with Gasteiger partial charge in [-0.25, -0.2) is 12.8 Å². The maximum atomic E-state index is 13.8. The molecule has 128 valence electrons. The summed E-state index contributed by atoms with van der Waals surface area (Å²) in [5, 5.41) is 8.38. The van der Waals surface area contributed by atoms with E-state index >= 15 is 0 Å². The highest BCUT2D eigenvalue weighted by Crippen LogP contribution is 2.42. The van der Waals surface area contributed by atoms with Crippen molar-refractivity contribution in [3.63, 3.8) is 0 Å². The number of hydrogen-bond acceptors (Lipinski definition) is 4. The van der Waals surface area contributed by atoms with Crippen LogP contribution in [0.3, 0.4) is 0 Å². The standard InChI is InChI=1S/C16H19FN4O2S/c17-16-4-2-1-3-12(16)11-24(22,23)20-13-5-6-14(20)10-15(9-13)21-18-7-8-19-21/h1-4,7-8,13-15H,5-6,9-11H2. The molecule has 24 heavy (non-hydrogen) atoms. The predicted octanol–water partition coefficient (Wildman–Crippen LogP) is 2.12. The largest absolute Gasteiger partial charge is 0.218 e. The van der Waals surface area contributed by atoms with Crippen LogP contribution in [0.2, 0.25) is 0 Å². The third-order valence-electron chi connectivity index (χ3n) is 5.02. The number of aromatic nitrogens is 3. The van der Waals surface area contributed by atoms with Crippen LogP contribution >= 0.6 is 0 Å². The van der Waals surface area contributed by atoms with E-state index in [1.165, 1.54) is 12.1 Å². The molecule has 1 aromatic carbocycles. The third kappa shape index (κ3) is 2.73. The van der Waals surface area contributed by atoms with Gasteiger partial charge in [-0.2, -0.15) is 19.3 Å². The molecule has 2 unspecified atom stereocenters. The Labute approximate surface area is 140 Å². The van der Waals surface area contributed by atoms with Crippen molar-refractivity contribution in [3.05, 3.63) is 48.0 Å². The van der Waals surface area contributed by atoms with Gasteiger partial charge < -0.3 is 0 Å². The van der Waals surface area contributed by atoms with Gasteiger partial charge in [-0.1, -0.05) is 18.2 Å². The smallest absolute Gasteiger partial charge is 0.212 e. The number of rotatable bonds is 4. The van der Waals surface area contributed by atoms with Crippen LogP contribution in [0.4, 0.5) is 4.39 Å². The molecule has 2 aromatic rings. The molecule has 2 fully saturated rings. The normalized spacial score (nSPS) is 27.5. The second-order valence-corrected chi connectivity index (χ2v) is 8.41. The lowest BCUT2D eigenvalue weighted by Gasteiger charge is -2.37. The second kappa shape index (κ2) is 5.93. The summed E-state index contributed by atoms with van der Waals surface area (Å²) in [7, 11) is -3.54. The van der Waals surface area contributed by atoms with Crippen molar-refractivity contribution in [1.29, 1.82) is 0 Å². The molecule has 1 aromatic heterocycles. The summed E-state index contributed by atoms with van der Waals surface area (Å²) in [6, 6.07) is 6.12. The number of piperidine rings is 1. The zero-order valence-electron chi connectivity index (χ0n) is 13.1. The molecule has 0 spiro atoms. The van der Waals surface area contributed by atoms with Crippen molar-refractivity contribution < 1.29 is 12.8 Å². The average Bonchev–Trinajstić information content (AvgIpc) is 3.17. The quantitative estimate of drug-likeness (QED) is 0.847. The highest BCUT2D eigenvalue weighted by Gasteiger charge is 2.47. The van der Waals surface area contributed by atoms with E-state index in [2.05, 4.69) is 10.2 Å². The number of hydrogen-bond donors (Lipinski definition) is 0. The van der Waals surface area contributed by atoms with Gasteiger partial charge in [0.05, 0.1) is 24.2 Å². The van der Waals surface area contributed by atoms with E-state index in [4.69, 9.17) is 0 Å². The Hall–Kier alpha value is -1.80. The molecule has 2 atom stereocenters. The first-order valence-electron chi connectivity index (χ1n) is 8.15. The molecule has 2 bridgehead atoms. The average molecular weight is 350 g/mol. The molecule has 0 N–H and O–H groups in total. The Morgan fingerprint density at radius 3 is 2.29 bits per heavy atom. The van der Waals surface area contributed by atoms with Crippen LogP contribution in [-0.2, 0) is 15.8 Å². The molecule has 3 heterocycles. The molecule has 0 amide bonds. The third-order valence-corrected chi connectivity index (χ3v) is 6.94. The summed E-state index contributed by atoms with van der Waals surface area (Å²) in [4.78, 5) is 1.69. The number of halogens is 1. The molecule has 0 saturated carbocycles. The van der Waals surface area contributed by atoms with Gasteiger partial charge >= 0.3 is 0 Å². The summed E-state index contributed by atoms with van der Waals surface area (Å²) in [6.07, 6.45) is 6.40. The minimum atomic E-state index is -3.54. The molecule has 2 aliphatic rings. The number of nitrogens with zero attached hydrogens (tertiary/aromatic N) is 4. The van der Waals surface area contributed by atoms with Gasteiger partial charge in [0, 0.05) is 17.6 Å². The molecule has 2 aliphatic heterocycles. The lowest BCUT2D eigenvalue weighted by atomic mass is 10.0. The number of sulfonamides is 1. The maximum Gasteiger partial charge on any atom is 0.218 e. The van der Waals surface area contributed by atoms with E-state index in [0.717, 1.165) is 12.8 Å². The first kappa shape index (κ1) is 15.7. The first-order valence-corrected chi connectivity index (χ1v) is 9.76. The van der Waals surface area contributed by atoms with Crippen LogP contribution in [0.25, 0.3) is 0 Å². The Morgan fingerprint density at radius 2 is 1.67 bits per heavy atom. The fourth-order valence-corrected chi connectivity index (χ4v) is 6.12. The van der Waals surface area contributed by atoms with Crippen LogP contribution in [-0.4, -0.2) is 39.8 Å². The fraction of sp³-hybridized carbons (Fsp3) is 0.500. The minimum Gasteiger partial charge on any atom is -0.212 e. The van der Waals surface area contributed by atoms with E-state index in [1.54, 1.807) is 33.6 Å². The molecule has 0 aliphatic carbocycles. The number of benzene rings is 1. The second-order valence-electron chi connectivity index (χ2n) is 6.54. The van der Waals surface area contributed by atoms with Gasteiger partial charge in [0.2, 0.25) is 10.0 Å². The lowest BCUT2D eigenvalue weighted by molar-refractivity contribution is 0.174. The van der Waals surface area contributed by atoms with Crippen molar-refractivity contribution in [2.24, 2.45) is 0 Å². The molecule has 6 nitrogen and oxygen atoms in total. The summed E-state index contributed by atoms with van der Waals surface area (Å²) in [5.41, 5.74) is 0.229. The summed E-state index contributed by atoms with van der Waals surface area (Å²) < 4.78 is 41.2. The van der Waals surface area contributed by atoms with Crippen molar-refractivity contribution in [1.82, 2.24) is 19.3 Å². The van der Waals surface area contributed by atoms with E-state index in [1.807, 2.05) is 0 Å². The van der Waals surface area contributed by atoms with Crippen LogP contribution in [0.5, 0.6) is 0 Å². The van der Waals surface area contributed by atoms with E-state index in [0.29, 0.717) is 12.8 Å². The summed E-state index contributed by atoms with van der Waals surface area (Å²) >= 11 is 0. The highest BCUT2D eigenvalue weighted by molar-refractivity contribution is 7.88. The highest BCUT2D eigenvalue weighted by atomic mass is 32.2. The van der Waals surface area contributed by atoms with E-state index < -0.39 is 15.8 Å². The van der Waals surface area contributed by atoms with E-state index in [9.17, 15) is 12.8 Å². The fourth-order valence-electron chi connectivity index (χ4n) is 4.05. The summed E-state index contributed by atoms with van der Waals surface area (Å²) in [6.45, 7) is 0. The van der Waals surface area contributed by atoms with Crippen molar-refractivity contribution in [3.8, 4) is 0 Å². The zero-order valence-corrected chi connectivity index (χ0v) is 13.9. The molecule has 8 heteroatoms. The topological polar surface area (TPSA) is 68.1 Å². The first-order chi connectivity index (χ1) is 11.5. The SMILES string of the molecule is O=S(=O)(Cc1ccccc1F)N1C2CCC1CC(n1nccn1)C2. The van der Waals surface area contributed by atoms with E-state index in [-0.39, 0.29) is 29.4 Å². The minimum absolute atomic E-state index is 0.0449. The molecule has 4 rings (SSSR count). The van der Waals surface area contributed by atoms with Gasteiger partial charge in [-0.3, -0.25) is 0 Å². The van der Waals surface area contributed by atoms with Crippen molar-refractivity contribution in [2.45, 2.75) is 49.6 Å². The Kier molecular flexibility index (Phi) is 3.88. The van der Waals surface area contributed by atoms with Crippen molar-refractivity contribution >= 4 is 10.0 Å². The van der Waals surface area contributed by atoms with Crippen molar-refractivity contribution in [2.75, 3.05) is 0 Å². The van der Waals surface area contributed by atoms with Crippen LogP contribution in [0.1, 0.15) is 37.3 Å². The molecule has 2 saturated heterocycles. The Bertz CT molecular complexity index is 810. The molecular formula is C16H19FN4O2S. The predicted molar refractivity (Wildman–Crippen MR) is 86.0 cm³/mol. The number of fused-ring (bicyclic) bond motifs is 2. The molecular weight excluding hydrogens is 331 g/mol. The Balaban J connectivity index is 1.56. The van der Waals surface area contributed by atoms with Gasteiger partial charge in [-0.15, -0.1) is 0 Å². The van der Waals surface area contributed by atoms with Crippen LogP contribution < -0.4 is 0 Å². The van der Waals surface area contributed by atoms with Gasteiger partial charge in [0.1, 0.15) is 5.82 Å². The van der Waals surface area contributed by atoms with Gasteiger partial charge in [-0.05, 0) is 31.7 Å². The van der Waals surface area contributed by atoms with Gasteiger partial charge in [0.25, 0.3) is 0 Å². The van der Waals surface area contributed by atoms with Crippen LogP contribution in [0, 0.1) is 5.82 Å². The maximum absolute atomic E-state index is 13.8. The van der Waals surface area contributed by atoms with Gasteiger partial charge in [0.15, 0.2) is 0 Å². The van der Waals surface area contributed by atoms with Crippen LogP contribution in [0.15, 0.2) is 36.7 Å². The summed E-state index contributed by atoms with van der Waals surface area (Å²) in [5.74, 6) is -0.749. The zero-order chi connectivity index (χ0) is 16.7. The lowest BCUT2D eigenvalue weighted by Crippen LogP contribution is -2.47. The monoisotopic (exact) mass is 350 g/mol.